The van der Waals surface area contributed by atoms with Gasteiger partial charge in [-0.25, -0.2) is 0 Å². The minimum Gasteiger partial charge on any atom is -0.457 e. The Morgan fingerprint density at radius 2 is 1.83 bits per heavy atom. The van der Waals surface area contributed by atoms with Crippen molar-refractivity contribution in [1.29, 1.82) is 0 Å². The molecule has 0 aliphatic rings. The van der Waals surface area contributed by atoms with E-state index in [1.54, 1.807) is 16.8 Å². The lowest BCUT2D eigenvalue weighted by atomic mass is 10.1. The smallest absolute Gasteiger partial charge is 0.419 e. The predicted molar refractivity (Wildman–Crippen MR) is 103 cm³/mol. The minimum absolute atomic E-state index is 0.163. The summed E-state index contributed by atoms with van der Waals surface area (Å²) in [6, 6.07) is 11.2. The zero-order valence-electron chi connectivity index (χ0n) is 16.0. The predicted octanol–water partition coefficient (Wildman–Crippen LogP) is 5.11. The molecule has 0 fully saturated rings. The summed E-state index contributed by atoms with van der Waals surface area (Å²) in [6.45, 7) is 1.89. The molecular formula is C21H20F3N3O2. The first kappa shape index (κ1) is 20.4. The molecule has 0 radical (unpaired) electrons. The molecule has 2 aromatic carbocycles. The minimum atomic E-state index is -4.50. The molecule has 1 amide bonds. The molecule has 0 bridgehead atoms. The summed E-state index contributed by atoms with van der Waals surface area (Å²) in [4.78, 5) is 12.1. The lowest BCUT2D eigenvalue weighted by Gasteiger charge is -2.13. The van der Waals surface area contributed by atoms with Crippen LogP contribution in [0.2, 0.25) is 0 Å². The average Bonchev–Trinajstić information content (AvgIpc) is 2.98. The second-order valence-corrected chi connectivity index (χ2v) is 6.58. The number of halogens is 3. The van der Waals surface area contributed by atoms with Crippen molar-refractivity contribution in [2.45, 2.75) is 25.9 Å². The van der Waals surface area contributed by atoms with Crippen molar-refractivity contribution in [1.82, 2.24) is 9.78 Å². The number of nitrogens with one attached hydrogen (secondary N) is 1. The Bertz CT molecular complexity index is 995. The highest BCUT2D eigenvalue weighted by Crippen LogP contribution is 2.37. The van der Waals surface area contributed by atoms with Crippen molar-refractivity contribution in [2.75, 3.05) is 5.32 Å². The standard InChI is InChI=1S/C21H20F3N3O2/c1-14-15(13-27(2)26-14)7-12-20(28)25-16-8-10-17(11-9-16)29-19-6-4-3-5-18(19)21(22,23)24/h3-6,8-11,13H,7,12H2,1-2H3,(H,25,28). The van der Waals surface area contributed by atoms with Gasteiger partial charge in [0, 0.05) is 25.4 Å². The van der Waals surface area contributed by atoms with Gasteiger partial charge in [-0.2, -0.15) is 18.3 Å². The van der Waals surface area contributed by atoms with E-state index in [1.807, 2.05) is 20.2 Å². The molecule has 1 heterocycles. The topological polar surface area (TPSA) is 56.2 Å². The molecule has 0 atom stereocenters. The number of amides is 1. The summed E-state index contributed by atoms with van der Waals surface area (Å²) < 4.78 is 46.2. The first-order chi connectivity index (χ1) is 13.7. The van der Waals surface area contributed by atoms with Gasteiger partial charge in [-0.05, 0) is 55.3 Å². The van der Waals surface area contributed by atoms with Crippen LogP contribution in [0.4, 0.5) is 18.9 Å². The fourth-order valence-electron chi connectivity index (χ4n) is 2.89. The quantitative estimate of drug-likeness (QED) is 0.622. The van der Waals surface area contributed by atoms with Crippen LogP contribution in [-0.2, 0) is 24.4 Å². The number of benzene rings is 2. The SMILES string of the molecule is Cc1nn(C)cc1CCC(=O)Nc1ccc(Oc2ccccc2C(F)(F)F)cc1. The Kier molecular flexibility index (Phi) is 5.91. The van der Waals surface area contributed by atoms with E-state index in [-0.39, 0.29) is 17.4 Å². The second-order valence-electron chi connectivity index (χ2n) is 6.58. The molecule has 3 aromatic rings. The molecule has 3 rings (SSSR count). The number of nitrogens with zero attached hydrogens (tertiary/aromatic N) is 2. The summed E-state index contributed by atoms with van der Waals surface area (Å²) in [5, 5.41) is 7.00. The molecule has 8 heteroatoms. The van der Waals surface area contributed by atoms with Gasteiger partial charge in [0.05, 0.1) is 11.3 Å². The van der Waals surface area contributed by atoms with Crippen molar-refractivity contribution in [2.24, 2.45) is 7.05 Å². The van der Waals surface area contributed by atoms with E-state index >= 15 is 0 Å². The molecule has 152 valence electrons. The van der Waals surface area contributed by atoms with Crippen LogP contribution < -0.4 is 10.1 Å². The summed E-state index contributed by atoms with van der Waals surface area (Å²) in [7, 11) is 1.83. The highest BCUT2D eigenvalue weighted by atomic mass is 19.4. The van der Waals surface area contributed by atoms with Crippen LogP contribution in [0.1, 0.15) is 23.2 Å². The number of aromatic nitrogens is 2. The Labute approximate surface area is 166 Å². The maximum atomic E-state index is 13.0. The summed E-state index contributed by atoms with van der Waals surface area (Å²) in [5.74, 6) is -0.196. The van der Waals surface area contributed by atoms with E-state index in [0.29, 0.717) is 18.5 Å². The molecule has 29 heavy (non-hydrogen) atoms. The zero-order chi connectivity index (χ0) is 21.0. The number of rotatable bonds is 6. The van der Waals surface area contributed by atoms with E-state index < -0.39 is 11.7 Å². The van der Waals surface area contributed by atoms with E-state index in [9.17, 15) is 18.0 Å². The Morgan fingerprint density at radius 3 is 2.45 bits per heavy atom. The van der Waals surface area contributed by atoms with Crippen molar-refractivity contribution in [3.8, 4) is 11.5 Å². The van der Waals surface area contributed by atoms with Gasteiger partial charge in [0.2, 0.25) is 5.91 Å². The molecule has 0 saturated heterocycles. The zero-order valence-corrected chi connectivity index (χ0v) is 16.0. The number of carbonyl (C=O) groups excluding carboxylic acids is 1. The number of aryl methyl sites for hydroxylation is 3. The Morgan fingerprint density at radius 1 is 1.14 bits per heavy atom. The van der Waals surface area contributed by atoms with Gasteiger partial charge in [-0.3, -0.25) is 9.48 Å². The summed E-state index contributed by atoms with van der Waals surface area (Å²) in [5.41, 5.74) is 1.59. The fraction of sp³-hybridized carbons (Fsp3) is 0.238. The van der Waals surface area contributed by atoms with Gasteiger partial charge in [-0.15, -0.1) is 0 Å². The molecule has 0 aliphatic heterocycles. The van der Waals surface area contributed by atoms with E-state index in [2.05, 4.69) is 10.4 Å². The van der Waals surface area contributed by atoms with Gasteiger partial charge >= 0.3 is 6.18 Å². The lowest BCUT2D eigenvalue weighted by Crippen LogP contribution is -2.12. The molecule has 0 spiro atoms. The molecule has 1 N–H and O–H groups in total. The number of ether oxygens (including phenoxy) is 1. The number of anilines is 1. The molecule has 0 saturated carbocycles. The van der Waals surface area contributed by atoms with Crippen LogP contribution in [0, 0.1) is 6.92 Å². The van der Waals surface area contributed by atoms with Crippen molar-refractivity contribution in [3.05, 3.63) is 71.5 Å². The third-order valence-electron chi connectivity index (χ3n) is 4.29. The van der Waals surface area contributed by atoms with E-state index in [1.165, 1.54) is 30.3 Å². The van der Waals surface area contributed by atoms with E-state index in [4.69, 9.17) is 4.74 Å². The third-order valence-corrected chi connectivity index (χ3v) is 4.29. The van der Waals surface area contributed by atoms with Crippen LogP contribution in [0.5, 0.6) is 11.5 Å². The van der Waals surface area contributed by atoms with Crippen LogP contribution in [0.25, 0.3) is 0 Å². The van der Waals surface area contributed by atoms with Gasteiger partial charge in [-0.1, -0.05) is 12.1 Å². The number of para-hydroxylation sites is 1. The van der Waals surface area contributed by atoms with Gasteiger partial charge in [0.1, 0.15) is 11.5 Å². The highest BCUT2D eigenvalue weighted by molar-refractivity contribution is 5.90. The highest BCUT2D eigenvalue weighted by Gasteiger charge is 2.34. The first-order valence-electron chi connectivity index (χ1n) is 8.95. The van der Waals surface area contributed by atoms with Gasteiger partial charge < -0.3 is 10.1 Å². The summed E-state index contributed by atoms with van der Waals surface area (Å²) >= 11 is 0. The molecule has 0 aliphatic carbocycles. The maximum Gasteiger partial charge on any atom is 0.419 e. The van der Waals surface area contributed by atoms with Crippen LogP contribution >= 0.6 is 0 Å². The van der Waals surface area contributed by atoms with E-state index in [0.717, 1.165) is 17.3 Å². The van der Waals surface area contributed by atoms with Crippen molar-refractivity contribution in [3.63, 3.8) is 0 Å². The third kappa shape index (κ3) is 5.37. The van der Waals surface area contributed by atoms with Crippen LogP contribution in [0.3, 0.4) is 0 Å². The molecular weight excluding hydrogens is 383 g/mol. The summed E-state index contributed by atoms with van der Waals surface area (Å²) in [6.07, 6.45) is -1.75. The average molecular weight is 403 g/mol. The Balaban J connectivity index is 1.59. The number of hydrogen-bond donors (Lipinski definition) is 1. The molecule has 1 aromatic heterocycles. The fourth-order valence-corrected chi connectivity index (χ4v) is 2.89. The second kappa shape index (κ2) is 8.38. The number of carbonyl (C=O) groups is 1. The van der Waals surface area contributed by atoms with Crippen molar-refractivity contribution < 1.29 is 22.7 Å². The molecule has 0 unspecified atom stereocenters. The maximum absolute atomic E-state index is 13.0. The molecule has 5 nitrogen and oxygen atoms in total. The van der Waals surface area contributed by atoms with Gasteiger partial charge in [0.15, 0.2) is 0 Å². The number of hydrogen-bond acceptors (Lipinski definition) is 3. The monoisotopic (exact) mass is 403 g/mol. The van der Waals surface area contributed by atoms with Crippen molar-refractivity contribution >= 4 is 11.6 Å². The normalized spacial score (nSPS) is 11.3. The van der Waals surface area contributed by atoms with Gasteiger partial charge in [0.25, 0.3) is 0 Å². The largest absolute Gasteiger partial charge is 0.457 e. The first-order valence-corrected chi connectivity index (χ1v) is 8.95. The number of alkyl halides is 3. The lowest BCUT2D eigenvalue weighted by molar-refractivity contribution is -0.138. The van der Waals surface area contributed by atoms with Crippen LogP contribution in [0.15, 0.2) is 54.7 Å². The Hall–Kier alpha value is -3.29. The van der Waals surface area contributed by atoms with Crippen LogP contribution in [-0.4, -0.2) is 15.7 Å².